The lowest BCUT2D eigenvalue weighted by Crippen LogP contribution is -2.30. The molecule has 0 saturated heterocycles. The number of rotatable bonds is 11. The zero-order valence-corrected chi connectivity index (χ0v) is 21.3. The van der Waals surface area contributed by atoms with Gasteiger partial charge < -0.3 is 19.9 Å². The van der Waals surface area contributed by atoms with E-state index in [1.54, 1.807) is 13.2 Å². The van der Waals surface area contributed by atoms with Crippen LogP contribution in [0.3, 0.4) is 0 Å². The van der Waals surface area contributed by atoms with Crippen molar-refractivity contribution in [2.24, 2.45) is 0 Å². The molecule has 3 rings (SSSR count). The van der Waals surface area contributed by atoms with Crippen LogP contribution < -0.4 is 15.4 Å². The SMILES string of the molecule is C=CCn1c(SCC(=O)Nc2ccc(C)cc2C)nnc1[C@@H](C)NC(=O)Cc1ccc(OC)cc1. The van der Waals surface area contributed by atoms with Crippen molar-refractivity contribution in [3.05, 3.63) is 77.6 Å². The highest BCUT2D eigenvalue weighted by atomic mass is 32.2. The lowest BCUT2D eigenvalue weighted by molar-refractivity contribution is -0.121. The number of carbonyl (C=O) groups is 2. The molecule has 184 valence electrons. The first-order valence-corrected chi connectivity index (χ1v) is 12.3. The molecule has 2 amide bonds. The number of carbonyl (C=O) groups excluding carboxylic acids is 2. The van der Waals surface area contributed by atoms with Gasteiger partial charge >= 0.3 is 0 Å². The lowest BCUT2D eigenvalue weighted by Gasteiger charge is -2.15. The Kier molecular flexibility index (Phi) is 9.08. The number of anilines is 1. The maximum absolute atomic E-state index is 12.6. The molecule has 2 aromatic carbocycles. The maximum atomic E-state index is 12.6. The largest absolute Gasteiger partial charge is 0.497 e. The molecule has 1 aromatic heterocycles. The summed E-state index contributed by atoms with van der Waals surface area (Å²) in [6.07, 6.45) is 1.97. The van der Waals surface area contributed by atoms with Gasteiger partial charge in [-0.25, -0.2) is 0 Å². The van der Waals surface area contributed by atoms with Crippen molar-refractivity contribution in [2.45, 2.75) is 44.9 Å². The minimum absolute atomic E-state index is 0.127. The molecule has 0 aliphatic heterocycles. The molecule has 0 aliphatic rings. The Balaban J connectivity index is 1.61. The number of thioether (sulfide) groups is 1. The summed E-state index contributed by atoms with van der Waals surface area (Å²) in [6.45, 7) is 10.1. The second-order valence-corrected chi connectivity index (χ2v) is 9.15. The van der Waals surface area contributed by atoms with Gasteiger partial charge in [0.15, 0.2) is 11.0 Å². The van der Waals surface area contributed by atoms with E-state index in [4.69, 9.17) is 4.74 Å². The van der Waals surface area contributed by atoms with Crippen LogP contribution in [-0.2, 0) is 22.6 Å². The van der Waals surface area contributed by atoms with Gasteiger partial charge in [-0.15, -0.1) is 16.8 Å². The smallest absolute Gasteiger partial charge is 0.234 e. The van der Waals surface area contributed by atoms with Crippen LogP contribution in [0, 0.1) is 13.8 Å². The molecule has 0 unspecified atom stereocenters. The van der Waals surface area contributed by atoms with E-state index in [0.717, 1.165) is 28.1 Å². The molecule has 0 saturated carbocycles. The number of nitrogens with zero attached hydrogens (tertiary/aromatic N) is 3. The molecule has 1 atom stereocenters. The van der Waals surface area contributed by atoms with E-state index in [1.165, 1.54) is 11.8 Å². The number of hydrogen-bond donors (Lipinski definition) is 2. The summed E-state index contributed by atoms with van der Waals surface area (Å²) in [5, 5.41) is 15.1. The minimum Gasteiger partial charge on any atom is -0.497 e. The molecule has 8 nitrogen and oxygen atoms in total. The van der Waals surface area contributed by atoms with Gasteiger partial charge in [-0.2, -0.15) is 0 Å². The van der Waals surface area contributed by atoms with Gasteiger partial charge in [0.25, 0.3) is 0 Å². The summed E-state index contributed by atoms with van der Waals surface area (Å²) in [7, 11) is 1.60. The van der Waals surface area contributed by atoms with E-state index in [-0.39, 0.29) is 30.0 Å². The van der Waals surface area contributed by atoms with Crippen LogP contribution in [0.5, 0.6) is 5.75 Å². The average molecular weight is 494 g/mol. The van der Waals surface area contributed by atoms with E-state index in [0.29, 0.717) is 17.5 Å². The predicted octanol–water partition coefficient (Wildman–Crippen LogP) is 4.24. The van der Waals surface area contributed by atoms with Crippen molar-refractivity contribution < 1.29 is 14.3 Å². The highest BCUT2D eigenvalue weighted by Gasteiger charge is 2.20. The Labute approximate surface area is 210 Å². The summed E-state index contributed by atoms with van der Waals surface area (Å²) in [6, 6.07) is 12.9. The average Bonchev–Trinajstić information content (AvgIpc) is 3.23. The van der Waals surface area contributed by atoms with Gasteiger partial charge in [0, 0.05) is 12.2 Å². The van der Waals surface area contributed by atoms with E-state index in [2.05, 4.69) is 27.4 Å². The third kappa shape index (κ3) is 7.19. The molecular weight excluding hydrogens is 462 g/mol. The van der Waals surface area contributed by atoms with Gasteiger partial charge in [0.2, 0.25) is 11.8 Å². The first-order valence-electron chi connectivity index (χ1n) is 11.3. The number of methoxy groups -OCH3 is 1. The van der Waals surface area contributed by atoms with Crippen LogP contribution in [0.4, 0.5) is 5.69 Å². The molecular formula is C26H31N5O3S. The number of allylic oxidation sites excluding steroid dienone is 1. The molecule has 0 bridgehead atoms. The van der Waals surface area contributed by atoms with E-state index in [1.807, 2.05) is 67.8 Å². The zero-order valence-electron chi connectivity index (χ0n) is 20.5. The van der Waals surface area contributed by atoms with Crippen molar-refractivity contribution >= 4 is 29.3 Å². The normalized spacial score (nSPS) is 11.5. The molecule has 0 fully saturated rings. The molecule has 3 aromatic rings. The van der Waals surface area contributed by atoms with Gasteiger partial charge in [-0.1, -0.05) is 47.7 Å². The fourth-order valence-electron chi connectivity index (χ4n) is 3.58. The van der Waals surface area contributed by atoms with Crippen LogP contribution >= 0.6 is 11.8 Å². The van der Waals surface area contributed by atoms with Crippen molar-refractivity contribution in [2.75, 3.05) is 18.2 Å². The van der Waals surface area contributed by atoms with Crippen molar-refractivity contribution in [1.29, 1.82) is 0 Å². The van der Waals surface area contributed by atoms with Crippen LogP contribution in [0.15, 0.2) is 60.3 Å². The predicted molar refractivity (Wildman–Crippen MR) is 139 cm³/mol. The first kappa shape index (κ1) is 26.0. The highest BCUT2D eigenvalue weighted by Crippen LogP contribution is 2.22. The lowest BCUT2D eigenvalue weighted by atomic mass is 10.1. The Morgan fingerprint density at radius 3 is 2.54 bits per heavy atom. The molecule has 9 heteroatoms. The number of nitrogens with one attached hydrogen (secondary N) is 2. The number of benzene rings is 2. The van der Waals surface area contributed by atoms with Gasteiger partial charge in [0.05, 0.1) is 25.3 Å². The van der Waals surface area contributed by atoms with Crippen LogP contribution in [-0.4, -0.2) is 39.4 Å². The second kappa shape index (κ2) is 12.2. The molecule has 0 radical (unpaired) electrons. The summed E-state index contributed by atoms with van der Waals surface area (Å²) in [5.74, 6) is 1.27. The molecule has 2 N–H and O–H groups in total. The van der Waals surface area contributed by atoms with E-state index >= 15 is 0 Å². The van der Waals surface area contributed by atoms with Gasteiger partial charge in [-0.05, 0) is 50.1 Å². The Hall–Kier alpha value is -3.59. The summed E-state index contributed by atoms with van der Waals surface area (Å²) in [5.41, 5.74) is 3.83. The maximum Gasteiger partial charge on any atom is 0.234 e. The molecule has 0 aliphatic carbocycles. The molecule has 1 heterocycles. The van der Waals surface area contributed by atoms with E-state index < -0.39 is 0 Å². The summed E-state index contributed by atoms with van der Waals surface area (Å²) < 4.78 is 7.02. The second-order valence-electron chi connectivity index (χ2n) is 8.21. The summed E-state index contributed by atoms with van der Waals surface area (Å²) >= 11 is 1.29. The number of aromatic nitrogens is 3. The van der Waals surface area contributed by atoms with Crippen molar-refractivity contribution in [3.63, 3.8) is 0 Å². The van der Waals surface area contributed by atoms with E-state index in [9.17, 15) is 9.59 Å². The van der Waals surface area contributed by atoms with Crippen molar-refractivity contribution in [1.82, 2.24) is 20.1 Å². The number of hydrogen-bond acceptors (Lipinski definition) is 6. The third-order valence-electron chi connectivity index (χ3n) is 5.33. The Bertz CT molecular complexity index is 1190. The molecule has 35 heavy (non-hydrogen) atoms. The quantitative estimate of drug-likeness (QED) is 0.306. The standard InChI is InChI=1S/C26H31N5O3S/c1-6-13-31-25(19(4)27-23(32)15-20-8-10-21(34-5)11-9-20)29-30-26(31)35-16-24(33)28-22-12-7-17(2)14-18(22)3/h6-12,14,19H,1,13,15-16H2,2-5H3,(H,27,32)(H,28,33)/t19-/m1/s1. The number of ether oxygens (including phenoxy) is 1. The summed E-state index contributed by atoms with van der Waals surface area (Å²) in [4.78, 5) is 25.1. The van der Waals surface area contributed by atoms with Gasteiger partial charge in [0.1, 0.15) is 5.75 Å². The number of amides is 2. The topological polar surface area (TPSA) is 98.1 Å². The van der Waals surface area contributed by atoms with Crippen LogP contribution in [0.2, 0.25) is 0 Å². The van der Waals surface area contributed by atoms with Crippen molar-refractivity contribution in [3.8, 4) is 5.75 Å². The zero-order chi connectivity index (χ0) is 25.4. The monoisotopic (exact) mass is 493 g/mol. The third-order valence-corrected chi connectivity index (χ3v) is 6.30. The molecule has 0 spiro atoms. The fraction of sp³-hybridized carbons (Fsp3) is 0.308. The van der Waals surface area contributed by atoms with Gasteiger partial charge in [-0.3, -0.25) is 9.59 Å². The minimum atomic E-state index is -0.369. The van der Waals surface area contributed by atoms with Crippen LogP contribution in [0.1, 0.15) is 35.5 Å². The first-order chi connectivity index (χ1) is 16.8. The highest BCUT2D eigenvalue weighted by molar-refractivity contribution is 7.99. The fourth-order valence-corrected chi connectivity index (χ4v) is 4.34. The Morgan fingerprint density at radius 1 is 1.14 bits per heavy atom. The number of aryl methyl sites for hydroxylation is 2. The van der Waals surface area contributed by atoms with Crippen LogP contribution in [0.25, 0.3) is 0 Å². The Morgan fingerprint density at radius 2 is 1.89 bits per heavy atom.